The van der Waals surface area contributed by atoms with Gasteiger partial charge >= 0.3 is 0 Å². The van der Waals surface area contributed by atoms with Gasteiger partial charge in [0, 0.05) is 39.8 Å². The molecule has 5 aromatic rings. The van der Waals surface area contributed by atoms with Crippen LogP contribution in [0.15, 0.2) is 91.0 Å². The molecule has 2 heterocycles. The average Bonchev–Trinajstić information content (AvgIpc) is 3.06. The van der Waals surface area contributed by atoms with Crippen LogP contribution < -0.4 is 0 Å². The van der Waals surface area contributed by atoms with Crippen LogP contribution in [0.3, 0.4) is 0 Å². The Kier molecular flexibility index (Phi) is 3.18. The van der Waals surface area contributed by atoms with Crippen LogP contribution in [0.5, 0.6) is 0 Å². The molecule has 0 N–H and O–H groups in total. The van der Waals surface area contributed by atoms with Crippen LogP contribution in [-0.2, 0) is 7.05 Å². The Labute approximate surface area is 163 Å². The molecule has 2 nitrogen and oxygen atoms in total. The fourth-order valence-corrected chi connectivity index (χ4v) is 4.70. The molecule has 28 heavy (non-hydrogen) atoms. The Bertz CT molecular complexity index is 1490. The summed E-state index contributed by atoms with van der Waals surface area (Å²) in [4.78, 5) is 0. The summed E-state index contributed by atoms with van der Waals surface area (Å²) in [5.74, 6) is 0. The maximum Gasteiger partial charge on any atom is 0.0641 e. The van der Waals surface area contributed by atoms with Gasteiger partial charge in [0.05, 0.1) is 16.6 Å². The van der Waals surface area contributed by atoms with Gasteiger partial charge in [0.1, 0.15) is 0 Å². The predicted molar refractivity (Wildman–Crippen MR) is 121 cm³/mol. The fourth-order valence-electron chi connectivity index (χ4n) is 4.70. The summed E-state index contributed by atoms with van der Waals surface area (Å²) in [6.07, 6.45) is 12.0. The van der Waals surface area contributed by atoms with E-state index in [1.165, 1.54) is 49.3 Å². The zero-order valence-corrected chi connectivity index (χ0v) is 15.8. The third kappa shape index (κ3) is 1.97. The molecule has 0 atom stereocenters. The number of rotatable bonds is 1. The van der Waals surface area contributed by atoms with Gasteiger partial charge in [-0.1, -0.05) is 66.8 Å². The summed E-state index contributed by atoms with van der Waals surface area (Å²) in [5.41, 5.74) is 6.34. The molecule has 2 heteroatoms. The number of hydrogen-bond acceptors (Lipinski definition) is 0. The summed E-state index contributed by atoms with van der Waals surface area (Å²) >= 11 is 0. The lowest BCUT2D eigenvalue weighted by molar-refractivity contribution is 1.01. The van der Waals surface area contributed by atoms with Gasteiger partial charge in [0.2, 0.25) is 0 Å². The van der Waals surface area contributed by atoms with Crippen molar-refractivity contribution in [3.63, 3.8) is 0 Å². The Hall–Kier alpha value is -3.52. The Morgan fingerprint density at radius 3 is 2.39 bits per heavy atom. The molecule has 6 rings (SSSR count). The van der Waals surface area contributed by atoms with Crippen LogP contribution in [0.1, 0.15) is 6.42 Å². The van der Waals surface area contributed by atoms with E-state index in [1.807, 2.05) is 0 Å². The molecule has 0 bridgehead atoms. The minimum atomic E-state index is 0.946. The SMILES string of the molecule is Cn1c2ccccc2c2c1ccc1c3ccccc3n(C3=CCC=CC=C3)c12. The lowest BCUT2D eigenvalue weighted by Gasteiger charge is -2.10. The van der Waals surface area contributed by atoms with Gasteiger partial charge in [-0.3, -0.25) is 0 Å². The van der Waals surface area contributed by atoms with Gasteiger partial charge in [-0.05, 0) is 30.7 Å². The smallest absolute Gasteiger partial charge is 0.0641 e. The van der Waals surface area contributed by atoms with Crippen molar-refractivity contribution >= 4 is 49.3 Å². The predicted octanol–water partition coefficient (Wildman–Crippen LogP) is 6.80. The zero-order chi connectivity index (χ0) is 18.7. The second kappa shape index (κ2) is 5.74. The number of allylic oxidation sites excluding steroid dienone is 6. The fraction of sp³-hybridized carbons (Fsp3) is 0.0769. The Morgan fingerprint density at radius 1 is 0.714 bits per heavy atom. The number of para-hydroxylation sites is 2. The summed E-state index contributed by atoms with van der Waals surface area (Å²) in [5, 5.41) is 5.26. The van der Waals surface area contributed by atoms with E-state index in [0.717, 1.165) is 6.42 Å². The van der Waals surface area contributed by atoms with Crippen molar-refractivity contribution < 1.29 is 0 Å². The third-order valence-corrected chi connectivity index (χ3v) is 5.95. The van der Waals surface area contributed by atoms with E-state index in [2.05, 4.69) is 107 Å². The topological polar surface area (TPSA) is 9.86 Å². The van der Waals surface area contributed by atoms with E-state index in [9.17, 15) is 0 Å². The summed E-state index contributed by atoms with van der Waals surface area (Å²) in [7, 11) is 2.16. The number of nitrogens with zero attached hydrogens (tertiary/aromatic N) is 2. The van der Waals surface area contributed by atoms with E-state index < -0.39 is 0 Å². The van der Waals surface area contributed by atoms with E-state index in [-0.39, 0.29) is 0 Å². The van der Waals surface area contributed by atoms with Crippen molar-refractivity contribution in [2.24, 2.45) is 7.05 Å². The first kappa shape index (κ1) is 15.5. The largest absolute Gasteiger partial charge is 0.344 e. The van der Waals surface area contributed by atoms with Gasteiger partial charge < -0.3 is 9.13 Å². The van der Waals surface area contributed by atoms with Gasteiger partial charge in [-0.2, -0.15) is 0 Å². The van der Waals surface area contributed by atoms with Crippen molar-refractivity contribution in [1.82, 2.24) is 9.13 Å². The van der Waals surface area contributed by atoms with Crippen LogP contribution in [0, 0.1) is 0 Å². The highest BCUT2D eigenvalue weighted by Gasteiger charge is 2.18. The minimum Gasteiger partial charge on any atom is -0.344 e. The molecule has 0 fully saturated rings. The van der Waals surface area contributed by atoms with Crippen LogP contribution >= 0.6 is 0 Å². The quantitative estimate of drug-likeness (QED) is 0.311. The molecule has 0 saturated heterocycles. The second-order valence-corrected chi connectivity index (χ2v) is 7.44. The lowest BCUT2D eigenvalue weighted by atomic mass is 10.1. The van der Waals surface area contributed by atoms with E-state index in [1.54, 1.807) is 0 Å². The van der Waals surface area contributed by atoms with Crippen LogP contribution in [0.25, 0.3) is 49.3 Å². The maximum atomic E-state index is 2.45. The second-order valence-electron chi connectivity index (χ2n) is 7.44. The van der Waals surface area contributed by atoms with Gasteiger partial charge in [-0.15, -0.1) is 0 Å². The van der Waals surface area contributed by atoms with Gasteiger partial charge in [0.25, 0.3) is 0 Å². The van der Waals surface area contributed by atoms with Gasteiger partial charge in [0.15, 0.2) is 0 Å². The molecule has 0 unspecified atom stereocenters. The number of fused-ring (bicyclic) bond motifs is 7. The lowest BCUT2D eigenvalue weighted by Crippen LogP contribution is -1.95. The van der Waals surface area contributed by atoms with E-state index in [4.69, 9.17) is 0 Å². The highest BCUT2D eigenvalue weighted by molar-refractivity contribution is 6.26. The normalized spacial score (nSPS) is 14.4. The van der Waals surface area contributed by atoms with E-state index >= 15 is 0 Å². The molecule has 2 aromatic heterocycles. The van der Waals surface area contributed by atoms with Crippen molar-refractivity contribution in [2.45, 2.75) is 6.42 Å². The third-order valence-electron chi connectivity index (χ3n) is 5.95. The van der Waals surface area contributed by atoms with Crippen molar-refractivity contribution in [3.05, 3.63) is 91.0 Å². The van der Waals surface area contributed by atoms with Crippen LogP contribution in [0.2, 0.25) is 0 Å². The summed E-state index contributed by atoms with van der Waals surface area (Å²) < 4.78 is 4.76. The number of aromatic nitrogens is 2. The van der Waals surface area contributed by atoms with E-state index in [0.29, 0.717) is 0 Å². The molecule has 3 aromatic carbocycles. The monoisotopic (exact) mass is 360 g/mol. The molecular formula is C26H20N2. The molecule has 0 radical (unpaired) electrons. The first-order valence-corrected chi connectivity index (χ1v) is 9.77. The van der Waals surface area contributed by atoms with Crippen molar-refractivity contribution in [1.29, 1.82) is 0 Å². The summed E-state index contributed by atoms with van der Waals surface area (Å²) in [6, 6.07) is 22.0. The molecular weight excluding hydrogens is 340 g/mol. The van der Waals surface area contributed by atoms with Crippen LogP contribution in [0.4, 0.5) is 0 Å². The van der Waals surface area contributed by atoms with Crippen LogP contribution in [-0.4, -0.2) is 9.13 Å². The Morgan fingerprint density at radius 2 is 1.50 bits per heavy atom. The highest BCUT2D eigenvalue weighted by Crippen LogP contribution is 2.40. The number of aryl methyl sites for hydroxylation is 1. The maximum absolute atomic E-state index is 2.45. The summed E-state index contributed by atoms with van der Waals surface area (Å²) in [6.45, 7) is 0. The number of benzene rings is 3. The molecule has 0 saturated carbocycles. The first-order chi connectivity index (χ1) is 13.8. The standard InChI is InChI=1S/C26H20N2/c1-27-22-14-8-7-13-21(22)25-24(27)17-16-20-19-12-6-9-15-23(19)28(26(20)25)18-10-4-2-3-5-11-18/h2-4,6-17H,5H2,1H3. The molecule has 1 aliphatic carbocycles. The zero-order valence-electron chi connectivity index (χ0n) is 15.8. The molecule has 0 amide bonds. The first-order valence-electron chi connectivity index (χ1n) is 9.77. The number of hydrogen-bond donors (Lipinski definition) is 0. The Balaban J connectivity index is 1.91. The molecule has 1 aliphatic rings. The average molecular weight is 360 g/mol. The minimum absolute atomic E-state index is 0.946. The molecule has 0 aliphatic heterocycles. The highest BCUT2D eigenvalue weighted by atomic mass is 15.0. The van der Waals surface area contributed by atoms with Crippen molar-refractivity contribution in [3.8, 4) is 0 Å². The van der Waals surface area contributed by atoms with Gasteiger partial charge in [-0.25, -0.2) is 0 Å². The molecule has 134 valence electrons. The molecule has 0 spiro atoms. The van der Waals surface area contributed by atoms with Crippen molar-refractivity contribution in [2.75, 3.05) is 0 Å².